The van der Waals surface area contributed by atoms with Crippen LogP contribution in [0, 0.1) is 0 Å². The Balaban J connectivity index is 2.19. The summed E-state index contributed by atoms with van der Waals surface area (Å²) in [6, 6.07) is 5.48. The van der Waals surface area contributed by atoms with E-state index in [1.54, 1.807) is 0 Å². The fourth-order valence-corrected chi connectivity index (χ4v) is 3.67. The van der Waals surface area contributed by atoms with Crippen LogP contribution in [0.15, 0.2) is 24.3 Å². The van der Waals surface area contributed by atoms with Gasteiger partial charge in [0.1, 0.15) is 11.5 Å². The van der Waals surface area contributed by atoms with Crippen molar-refractivity contribution in [2.75, 3.05) is 0 Å². The van der Waals surface area contributed by atoms with Crippen molar-refractivity contribution in [3.05, 3.63) is 56.6 Å². The molecule has 3 rings (SSSR count). The molecule has 0 unspecified atom stereocenters. The first-order chi connectivity index (χ1) is 14.3. The fourth-order valence-electron chi connectivity index (χ4n) is 3.19. The molecule has 1 aliphatic carbocycles. The third-order valence-electron chi connectivity index (χ3n) is 4.50. The van der Waals surface area contributed by atoms with Gasteiger partial charge in [0, 0.05) is 12.8 Å². The second-order valence-electron chi connectivity index (χ2n) is 6.70. The van der Waals surface area contributed by atoms with Crippen LogP contribution in [0.4, 0.5) is 0 Å². The molecule has 8 heteroatoms. The number of hydrogen-bond acceptors (Lipinski definition) is 6. The highest BCUT2D eigenvalue weighted by Gasteiger charge is 2.38. The summed E-state index contributed by atoms with van der Waals surface area (Å²) in [6.07, 6.45) is 1.39. The van der Waals surface area contributed by atoms with Gasteiger partial charge in [-0.25, -0.2) is 0 Å². The van der Waals surface area contributed by atoms with Gasteiger partial charge in [-0.3, -0.25) is 19.2 Å². The number of rotatable bonds is 6. The Morgan fingerprint density at radius 3 is 1.43 bits per heavy atom. The van der Waals surface area contributed by atoms with E-state index in [-0.39, 0.29) is 56.6 Å². The molecule has 0 fully saturated rings. The third-order valence-corrected chi connectivity index (χ3v) is 5.13. The minimum atomic E-state index is -0.664. The largest absolute Gasteiger partial charge is 0.426 e. The summed E-state index contributed by atoms with van der Waals surface area (Å²) >= 11 is 12.4. The highest BCUT2D eigenvalue weighted by molar-refractivity contribution is 6.43. The Bertz CT molecular complexity index is 992. The second kappa shape index (κ2) is 8.98. The first-order valence-corrected chi connectivity index (χ1v) is 10.2. The second-order valence-corrected chi connectivity index (χ2v) is 7.51. The van der Waals surface area contributed by atoms with Crippen LogP contribution in [0.25, 0.3) is 0 Å². The summed E-state index contributed by atoms with van der Waals surface area (Å²) in [6.45, 7) is 3.62. The first-order valence-electron chi connectivity index (χ1n) is 9.45. The van der Waals surface area contributed by atoms with Crippen molar-refractivity contribution >= 4 is 46.7 Å². The monoisotopic (exact) mass is 448 g/mol. The lowest BCUT2D eigenvalue weighted by atomic mass is 9.83. The number of halogens is 2. The van der Waals surface area contributed by atoms with Crippen LogP contribution in [0.2, 0.25) is 10.0 Å². The van der Waals surface area contributed by atoms with Gasteiger partial charge in [0.15, 0.2) is 5.78 Å². The Hall–Kier alpha value is -2.70. The Morgan fingerprint density at radius 2 is 1.07 bits per heavy atom. The van der Waals surface area contributed by atoms with E-state index in [4.69, 9.17) is 32.7 Å². The van der Waals surface area contributed by atoms with Crippen molar-refractivity contribution in [3.63, 3.8) is 0 Å². The molecule has 2 aromatic carbocycles. The van der Waals surface area contributed by atoms with Crippen LogP contribution >= 0.6 is 23.2 Å². The molecule has 2 aromatic rings. The molecule has 0 saturated heterocycles. The summed E-state index contributed by atoms with van der Waals surface area (Å²) in [5.74, 6) is -2.53. The van der Waals surface area contributed by atoms with Gasteiger partial charge in [-0.2, -0.15) is 0 Å². The summed E-state index contributed by atoms with van der Waals surface area (Å²) in [5, 5.41) is 0.0440. The molecule has 0 bridgehead atoms. The lowest BCUT2D eigenvalue weighted by molar-refractivity contribution is -0.135. The predicted molar refractivity (Wildman–Crippen MR) is 111 cm³/mol. The highest BCUT2D eigenvalue weighted by Crippen LogP contribution is 2.42. The number of esters is 2. The molecule has 0 aliphatic heterocycles. The van der Waals surface area contributed by atoms with E-state index in [0.717, 1.165) is 0 Å². The number of benzene rings is 2. The Morgan fingerprint density at radius 1 is 0.700 bits per heavy atom. The lowest BCUT2D eigenvalue weighted by Gasteiger charge is -2.23. The molecule has 0 spiro atoms. The van der Waals surface area contributed by atoms with Gasteiger partial charge < -0.3 is 9.47 Å². The SMILES string of the molecule is CCCC(=O)Oc1ccc(Cl)c2c1C(=O)c1c(OC(=O)CCC)ccc(Cl)c1C2=O. The molecular weight excluding hydrogens is 431 g/mol. The van der Waals surface area contributed by atoms with Crippen molar-refractivity contribution in [2.45, 2.75) is 39.5 Å². The molecule has 6 nitrogen and oxygen atoms in total. The molecule has 0 aromatic heterocycles. The third kappa shape index (κ3) is 3.98. The zero-order chi connectivity index (χ0) is 22.0. The molecule has 1 aliphatic rings. The average Bonchev–Trinajstić information content (AvgIpc) is 2.69. The summed E-state index contributed by atoms with van der Waals surface area (Å²) < 4.78 is 10.6. The van der Waals surface area contributed by atoms with E-state index < -0.39 is 23.5 Å². The first kappa shape index (κ1) is 22.0. The minimum absolute atomic E-state index is 0.0220. The van der Waals surface area contributed by atoms with Crippen LogP contribution in [0.5, 0.6) is 11.5 Å². The average molecular weight is 449 g/mol. The molecule has 156 valence electrons. The zero-order valence-electron chi connectivity index (χ0n) is 16.3. The topological polar surface area (TPSA) is 86.7 Å². The number of fused-ring (bicyclic) bond motifs is 2. The van der Waals surface area contributed by atoms with Gasteiger partial charge in [0.05, 0.1) is 32.3 Å². The van der Waals surface area contributed by atoms with Crippen LogP contribution < -0.4 is 9.47 Å². The van der Waals surface area contributed by atoms with Gasteiger partial charge in [0.25, 0.3) is 0 Å². The lowest BCUT2D eigenvalue weighted by Crippen LogP contribution is -2.25. The zero-order valence-corrected chi connectivity index (χ0v) is 17.9. The van der Waals surface area contributed by atoms with Crippen LogP contribution in [-0.4, -0.2) is 23.5 Å². The summed E-state index contributed by atoms with van der Waals surface area (Å²) in [5.41, 5.74) is -0.510. The smallest absolute Gasteiger partial charge is 0.311 e. The number of hydrogen-bond donors (Lipinski definition) is 0. The maximum atomic E-state index is 13.4. The number of ether oxygens (including phenoxy) is 2. The Kier molecular flexibility index (Phi) is 6.58. The van der Waals surface area contributed by atoms with Gasteiger partial charge in [-0.05, 0) is 37.1 Å². The molecule has 0 saturated carbocycles. The molecule has 30 heavy (non-hydrogen) atoms. The van der Waals surface area contributed by atoms with Crippen LogP contribution in [0.1, 0.15) is 71.4 Å². The van der Waals surface area contributed by atoms with Gasteiger partial charge in [-0.15, -0.1) is 0 Å². The van der Waals surface area contributed by atoms with Crippen molar-refractivity contribution in [1.29, 1.82) is 0 Å². The van der Waals surface area contributed by atoms with E-state index in [1.807, 2.05) is 13.8 Å². The van der Waals surface area contributed by atoms with E-state index in [1.165, 1.54) is 24.3 Å². The fraction of sp³-hybridized carbons (Fsp3) is 0.273. The molecular formula is C22H18Cl2O6. The summed E-state index contributed by atoms with van der Waals surface area (Å²) in [4.78, 5) is 50.7. The van der Waals surface area contributed by atoms with E-state index >= 15 is 0 Å². The van der Waals surface area contributed by atoms with Gasteiger partial charge in [0.2, 0.25) is 5.78 Å². The molecule has 0 N–H and O–H groups in total. The van der Waals surface area contributed by atoms with Crippen LogP contribution in [0.3, 0.4) is 0 Å². The molecule has 0 heterocycles. The number of carbonyl (C=O) groups excluding carboxylic acids is 4. The number of ketones is 2. The van der Waals surface area contributed by atoms with Crippen molar-refractivity contribution in [1.82, 2.24) is 0 Å². The maximum Gasteiger partial charge on any atom is 0.311 e. The normalized spacial score (nSPS) is 12.3. The van der Waals surface area contributed by atoms with Gasteiger partial charge >= 0.3 is 11.9 Å². The highest BCUT2D eigenvalue weighted by atomic mass is 35.5. The predicted octanol–water partition coefficient (Wildman–Crippen LogP) is 5.18. The molecule has 0 radical (unpaired) electrons. The van der Waals surface area contributed by atoms with Crippen molar-refractivity contribution in [2.24, 2.45) is 0 Å². The Labute approximate surface area is 183 Å². The van der Waals surface area contributed by atoms with E-state index in [0.29, 0.717) is 12.8 Å². The standard InChI is InChI=1S/C22H18Cl2O6/c1-3-5-15(25)29-13-9-7-11(23)17-19(13)22(28)20-14(30-16(26)6-4-2)10-8-12(24)18(20)21(17)27/h7-10H,3-6H2,1-2H3. The molecule has 0 atom stereocenters. The van der Waals surface area contributed by atoms with Crippen molar-refractivity contribution < 1.29 is 28.7 Å². The minimum Gasteiger partial charge on any atom is -0.426 e. The summed E-state index contributed by atoms with van der Waals surface area (Å²) in [7, 11) is 0. The van der Waals surface area contributed by atoms with E-state index in [9.17, 15) is 19.2 Å². The van der Waals surface area contributed by atoms with E-state index in [2.05, 4.69) is 0 Å². The molecule has 0 amide bonds. The van der Waals surface area contributed by atoms with Crippen LogP contribution in [-0.2, 0) is 9.59 Å². The quantitative estimate of drug-likeness (QED) is 0.381. The maximum absolute atomic E-state index is 13.4. The number of carbonyl (C=O) groups is 4. The van der Waals surface area contributed by atoms with Gasteiger partial charge in [-0.1, -0.05) is 37.0 Å². The van der Waals surface area contributed by atoms with Crippen molar-refractivity contribution in [3.8, 4) is 11.5 Å².